The first-order valence-corrected chi connectivity index (χ1v) is 10.1. The van der Waals surface area contributed by atoms with Crippen LogP contribution < -0.4 is 10.6 Å². The van der Waals surface area contributed by atoms with Gasteiger partial charge in [-0.1, -0.05) is 25.0 Å². The number of ether oxygens (including phenoxy) is 2. The number of rotatable bonds is 7. The first-order valence-electron chi connectivity index (χ1n) is 10.1. The Bertz CT molecular complexity index is 557. The van der Waals surface area contributed by atoms with Crippen molar-refractivity contribution < 1.29 is 29.0 Å². The number of cyclic esters (lactones) is 1. The molecular formula is C20H32N2O6. The van der Waals surface area contributed by atoms with Gasteiger partial charge < -0.3 is 25.2 Å². The molecular weight excluding hydrogens is 364 g/mol. The molecule has 0 saturated heterocycles. The van der Waals surface area contributed by atoms with Gasteiger partial charge in [0.25, 0.3) is 0 Å². The Morgan fingerprint density at radius 1 is 1.29 bits per heavy atom. The van der Waals surface area contributed by atoms with Gasteiger partial charge in [-0.3, -0.25) is 14.4 Å². The molecule has 2 rings (SSSR count). The van der Waals surface area contributed by atoms with Crippen LogP contribution in [0.1, 0.15) is 51.4 Å². The molecule has 8 nitrogen and oxygen atoms in total. The van der Waals surface area contributed by atoms with Gasteiger partial charge in [-0.15, -0.1) is 0 Å². The molecule has 8 heteroatoms. The normalized spacial score (nSPS) is 22.8. The number of amides is 2. The van der Waals surface area contributed by atoms with Gasteiger partial charge in [-0.2, -0.15) is 0 Å². The molecule has 1 aliphatic heterocycles. The molecule has 0 bridgehead atoms. The minimum absolute atomic E-state index is 0.0560. The highest BCUT2D eigenvalue weighted by atomic mass is 16.5. The molecule has 0 aromatic heterocycles. The lowest BCUT2D eigenvalue weighted by Gasteiger charge is -2.31. The number of nitrogens with one attached hydrogen (secondary N) is 2. The Labute approximate surface area is 166 Å². The van der Waals surface area contributed by atoms with Crippen LogP contribution in [0.5, 0.6) is 0 Å². The molecule has 1 spiro atoms. The molecule has 1 saturated carbocycles. The van der Waals surface area contributed by atoms with Crippen LogP contribution in [0, 0.1) is 5.92 Å². The van der Waals surface area contributed by atoms with Crippen molar-refractivity contribution in [3.05, 3.63) is 12.2 Å². The maximum atomic E-state index is 12.9. The van der Waals surface area contributed by atoms with Crippen LogP contribution in [0.25, 0.3) is 0 Å². The van der Waals surface area contributed by atoms with Gasteiger partial charge >= 0.3 is 5.97 Å². The Hall–Kier alpha value is -1.93. The number of aliphatic hydroxyl groups excluding tert-OH is 1. The predicted octanol–water partition coefficient (Wildman–Crippen LogP) is 0.830. The van der Waals surface area contributed by atoms with Crippen molar-refractivity contribution in [2.75, 3.05) is 33.0 Å². The minimum atomic E-state index is -0.511. The van der Waals surface area contributed by atoms with E-state index in [1.54, 1.807) is 0 Å². The van der Waals surface area contributed by atoms with E-state index in [4.69, 9.17) is 14.6 Å². The van der Waals surface area contributed by atoms with E-state index in [0.29, 0.717) is 32.4 Å². The van der Waals surface area contributed by atoms with Gasteiger partial charge in [0.05, 0.1) is 31.3 Å². The summed E-state index contributed by atoms with van der Waals surface area (Å²) in [5, 5.41) is 14.5. The van der Waals surface area contributed by atoms with E-state index in [2.05, 4.69) is 10.6 Å². The number of carbonyl (C=O) groups is 3. The third kappa shape index (κ3) is 7.59. The van der Waals surface area contributed by atoms with Crippen molar-refractivity contribution in [2.45, 2.75) is 56.9 Å². The quantitative estimate of drug-likeness (QED) is 0.334. The summed E-state index contributed by atoms with van der Waals surface area (Å²) in [5.74, 6) is -1.10. The van der Waals surface area contributed by atoms with Crippen LogP contribution in [0.3, 0.4) is 0 Å². The van der Waals surface area contributed by atoms with E-state index in [1.165, 1.54) is 0 Å². The van der Waals surface area contributed by atoms with Crippen LogP contribution in [0.2, 0.25) is 0 Å². The van der Waals surface area contributed by atoms with Crippen molar-refractivity contribution in [1.82, 2.24) is 10.6 Å². The molecule has 0 aromatic carbocycles. The van der Waals surface area contributed by atoms with Gasteiger partial charge in [0, 0.05) is 19.4 Å². The second-order valence-corrected chi connectivity index (χ2v) is 7.47. The summed E-state index contributed by atoms with van der Waals surface area (Å²) < 4.78 is 10.5. The van der Waals surface area contributed by atoms with E-state index in [-0.39, 0.29) is 44.0 Å². The van der Waals surface area contributed by atoms with Crippen molar-refractivity contribution in [1.29, 1.82) is 0 Å². The monoisotopic (exact) mass is 396 g/mol. The third-order valence-electron chi connectivity index (χ3n) is 5.17. The smallest absolute Gasteiger partial charge is 0.306 e. The maximum absolute atomic E-state index is 12.9. The van der Waals surface area contributed by atoms with Crippen LogP contribution in [-0.2, 0) is 23.9 Å². The fourth-order valence-corrected chi connectivity index (χ4v) is 3.60. The third-order valence-corrected chi connectivity index (χ3v) is 5.17. The zero-order valence-corrected chi connectivity index (χ0v) is 16.4. The molecule has 0 aromatic rings. The molecule has 158 valence electrons. The topological polar surface area (TPSA) is 114 Å². The average Bonchev–Trinajstić information content (AvgIpc) is 3.13. The molecule has 0 unspecified atom stereocenters. The second kappa shape index (κ2) is 11.8. The van der Waals surface area contributed by atoms with Crippen molar-refractivity contribution in [2.24, 2.45) is 5.92 Å². The van der Waals surface area contributed by atoms with Crippen LogP contribution in [-0.4, -0.2) is 61.4 Å². The van der Waals surface area contributed by atoms with Crippen LogP contribution >= 0.6 is 0 Å². The van der Waals surface area contributed by atoms with Gasteiger partial charge in [-0.25, -0.2) is 0 Å². The first-order chi connectivity index (χ1) is 13.5. The average molecular weight is 396 g/mol. The molecule has 28 heavy (non-hydrogen) atoms. The summed E-state index contributed by atoms with van der Waals surface area (Å²) in [6, 6.07) is 0. The highest BCUT2D eigenvalue weighted by Crippen LogP contribution is 2.31. The van der Waals surface area contributed by atoms with E-state index < -0.39 is 11.5 Å². The number of allylic oxidation sites excluding steroid dienone is 2. The zero-order valence-electron chi connectivity index (χ0n) is 16.4. The highest BCUT2D eigenvalue weighted by molar-refractivity contribution is 5.86. The summed E-state index contributed by atoms with van der Waals surface area (Å²) in [7, 11) is 0. The van der Waals surface area contributed by atoms with Crippen LogP contribution in [0.15, 0.2) is 12.2 Å². The molecule has 2 aliphatic rings. The second-order valence-electron chi connectivity index (χ2n) is 7.47. The number of carbonyl (C=O) groups excluding carboxylic acids is 3. The lowest BCUT2D eigenvalue weighted by Crippen LogP contribution is -2.52. The molecule has 0 radical (unpaired) electrons. The largest absolute Gasteiger partial charge is 0.463 e. The van der Waals surface area contributed by atoms with Gasteiger partial charge in [0.1, 0.15) is 6.61 Å². The van der Waals surface area contributed by atoms with Crippen molar-refractivity contribution >= 4 is 17.8 Å². The fourth-order valence-electron chi connectivity index (χ4n) is 3.60. The molecule has 1 aliphatic carbocycles. The Balaban J connectivity index is 1.96. The Kier molecular flexibility index (Phi) is 9.43. The number of aliphatic hydroxyl groups is 1. The molecule has 1 atom stereocenters. The predicted molar refractivity (Wildman–Crippen MR) is 102 cm³/mol. The zero-order chi connectivity index (χ0) is 20.2. The fraction of sp³-hybridized carbons (Fsp3) is 0.750. The molecule has 1 fully saturated rings. The van der Waals surface area contributed by atoms with E-state index >= 15 is 0 Å². The van der Waals surface area contributed by atoms with Gasteiger partial charge in [-0.05, 0) is 25.7 Å². The molecule has 3 N–H and O–H groups in total. The summed E-state index contributed by atoms with van der Waals surface area (Å²) in [6.07, 6.45) is 8.66. The SMILES string of the molecule is O=C(C[C@H]1CC=CCCC(=O)OCC2(CCCC2)NC1=O)NCCOCCO. The van der Waals surface area contributed by atoms with Gasteiger partial charge in [0.15, 0.2) is 0 Å². The standard InChI is InChI=1S/C20H32N2O6/c23-11-13-27-12-10-21-17(24)14-16-6-2-1-3-7-18(25)28-15-20(22-19(16)26)8-4-5-9-20/h1-2,16,23H,3-15H2,(H,21,24)(H,22,26)/t16-/m1/s1. The summed E-state index contributed by atoms with van der Waals surface area (Å²) in [4.78, 5) is 37.0. The number of hydrogen-bond acceptors (Lipinski definition) is 6. The lowest BCUT2D eigenvalue weighted by molar-refractivity contribution is -0.147. The Morgan fingerprint density at radius 2 is 2.07 bits per heavy atom. The Morgan fingerprint density at radius 3 is 2.82 bits per heavy atom. The number of hydrogen-bond donors (Lipinski definition) is 3. The summed E-state index contributed by atoms with van der Waals surface area (Å²) in [6.45, 7) is 1.03. The lowest BCUT2D eigenvalue weighted by atomic mass is 9.93. The van der Waals surface area contributed by atoms with E-state index in [9.17, 15) is 14.4 Å². The molecule has 2 amide bonds. The minimum Gasteiger partial charge on any atom is -0.463 e. The first kappa shape index (κ1) is 22.4. The maximum Gasteiger partial charge on any atom is 0.306 e. The van der Waals surface area contributed by atoms with E-state index in [0.717, 1.165) is 25.7 Å². The highest BCUT2D eigenvalue weighted by Gasteiger charge is 2.38. The van der Waals surface area contributed by atoms with Crippen LogP contribution in [0.4, 0.5) is 0 Å². The van der Waals surface area contributed by atoms with E-state index in [1.807, 2.05) is 12.2 Å². The summed E-state index contributed by atoms with van der Waals surface area (Å²) >= 11 is 0. The van der Waals surface area contributed by atoms with Crippen molar-refractivity contribution in [3.63, 3.8) is 0 Å². The summed E-state index contributed by atoms with van der Waals surface area (Å²) in [5.41, 5.74) is -0.511. The number of esters is 1. The molecule has 1 heterocycles. The van der Waals surface area contributed by atoms with Gasteiger partial charge in [0.2, 0.25) is 11.8 Å². The van der Waals surface area contributed by atoms with Crippen molar-refractivity contribution in [3.8, 4) is 0 Å².